The Morgan fingerprint density at radius 2 is 2.10 bits per heavy atom. The number of aryl methyl sites for hydroxylation is 1. The lowest BCUT2D eigenvalue weighted by Crippen LogP contribution is -2.25. The first-order valence-corrected chi connectivity index (χ1v) is 10.1. The Labute approximate surface area is 173 Å². The van der Waals surface area contributed by atoms with Crippen molar-refractivity contribution in [1.82, 2.24) is 14.3 Å². The molecule has 2 aromatic heterocycles. The first kappa shape index (κ1) is 19.8. The fraction of sp³-hybridized carbons (Fsp3) is 0.318. The highest BCUT2D eigenvalue weighted by molar-refractivity contribution is 5.92. The fourth-order valence-electron chi connectivity index (χ4n) is 3.76. The van der Waals surface area contributed by atoms with Crippen LogP contribution in [-0.2, 0) is 17.8 Å². The molecule has 0 atom stereocenters. The predicted octanol–water partition coefficient (Wildman–Crippen LogP) is 2.60. The number of fused-ring (bicyclic) bond motifs is 1. The van der Waals surface area contributed by atoms with Crippen LogP contribution in [-0.4, -0.2) is 26.6 Å². The van der Waals surface area contributed by atoms with Gasteiger partial charge in [-0.1, -0.05) is 12.5 Å². The molecule has 0 aliphatic heterocycles. The summed E-state index contributed by atoms with van der Waals surface area (Å²) in [7, 11) is 0. The van der Waals surface area contributed by atoms with E-state index in [1.54, 1.807) is 10.7 Å². The molecular formula is C22H24N6O2. The highest BCUT2D eigenvalue weighted by atomic mass is 16.1. The quantitative estimate of drug-likeness (QED) is 0.433. The molecule has 154 valence electrons. The van der Waals surface area contributed by atoms with Crippen molar-refractivity contribution in [3.8, 4) is 0 Å². The van der Waals surface area contributed by atoms with Gasteiger partial charge in [-0.15, -0.1) is 0 Å². The largest absolute Gasteiger partial charge is 0.324 e. The molecule has 1 aliphatic rings. The molecular weight excluding hydrogens is 380 g/mol. The average Bonchev–Trinajstić information content (AvgIpc) is 2.70. The minimum atomic E-state index is -0.373. The summed E-state index contributed by atoms with van der Waals surface area (Å²) in [6, 6.07) is 9.02. The molecule has 2 heterocycles. The maximum absolute atomic E-state index is 13.0. The Morgan fingerprint density at radius 1 is 1.30 bits per heavy atom. The van der Waals surface area contributed by atoms with Crippen molar-refractivity contribution < 1.29 is 4.79 Å². The van der Waals surface area contributed by atoms with Gasteiger partial charge in [-0.25, -0.2) is 0 Å². The minimum Gasteiger partial charge on any atom is -0.324 e. The van der Waals surface area contributed by atoms with Crippen LogP contribution in [0.2, 0.25) is 0 Å². The van der Waals surface area contributed by atoms with E-state index in [1.165, 1.54) is 41.7 Å². The number of hydrogen-bond acceptors (Lipinski definition) is 5. The molecule has 4 rings (SSSR count). The second-order valence-corrected chi connectivity index (χ2v) is 7.56. The van der Waals surface area contributed by atoms with Gasteiger partial charge < -0.3 is 5.32 Å². The second kappa shape index (κ2) is 8.06. The third-order valence-electron chi connectivity index (χ3n) is 5.65. The summed E-state index contributed by atoms with van der Waals surface area (Å²) < 4.78 is 3.06. The van der Waals surface area contributed by atoms with Crippen LogP contribution in [0.4, 0.5) is 5.69 Å². The van der Waals surface area contributed by atoms with Crippen LogP contribution in [0.15, 0.2) is 41.3 Å². The van der Waals surface area contributed by atoms with E-state index >= 15 is 0 Å². The van der Waals surface area contributed by atoms with Crippen molar-refractivity contribution in [1.29, 1.82) is 10.8 Å². The zero-order valence-corrected chi connectivity index (χ0v) is 16.8. The maximum atomic E-state index is 13.0. The minimum absolute atomic E-state index is 0.131. The summed E-state index contributed by atoms with van der Waals surface area (Å²) in [6.07, 6.45) is 5.94. The molecule has 1 aliphatic carbocycles. The summed E-state index contributed by atoms with van der Waals surface area (Å²) in [6.45, 7) is 2.57. The number of pyridine rings is 1. The molecule has 1 fully saturated rings. The number of nitrogens with one attached hydrogen (secondary N) is 3. The molecule has 30 heavy (non-hydrogen) atoms. The number of anilines is 1. The van der Waals surface area contributed by atoms with Crippen LogP contribution in [0, 0.1) is 10.8 Å². The molecule has 3 N–H and O–H groups in total. The normalized spacial score (nSPS) is 13.8. The van der Waals surface area contributed by atoms with Crippen molar-refractivity contribution in [3.05, 3.63) is 63.5 Å². The highest BCUT2D eigenvalue weighted by Gasteiger charge is 2.21. The molecule has 3 aromatic rings. The predicted molar refractivity (Wildman–Crippen MR) is 115 cm³/mol. The van der Waals surface area contributed by atoms with Gasteiger partial charge in [0.25, 0.3) is 0 Å². The topological polar surface area (TPSA) is 117 Å². The summed E-state index contributed by atoms with van der Waals surface area (Å²) >= 11 is 0. The van der Waals surface area contributed by atoms with E-state index in [-0.39, 0.29) is 28.9 Å². The van der Waals surface area contributed by atoms with Gasteiger partial charge in [0.05, 0.1) is 24.0 Å². The molecule has 0 bridgehead atoms. The number of carbonyl (C=O) groups is 1. The van der Waals surface area contributed by atoms with Crippen molar-refractivity contribution >= 4 is 28.8 Å². The van der Waals surface area contributed by atoms with Crippen LogP contribution >= 0.6 is 0 Å². The molecule has 0 radical (unpaired) electrons. The zero-order chi connectivity index (χ0) is 21.3. The molecule has 0 unspecified atom stereocenters. The van der Waals surface area contributed by atoms with E-state index < -0.39 is 0 Å². The van der Waals surface area contributed by atoms with E-state index in [0.29, 0.717) is 23.5 Å². The van der Waals surface area contributed by atoms with Gasteiger partial charge in [0.1, 0.15) is 11.2 Å². The standard InChI is InChI=1S/C22H24N6O2/c1-2-28-19-10-15(14-4-3-5-14)6-8-17(19)22(30)18(26-28)11-21(29)25-16-7-9-20(24)27(12-16)13-23/h6-10,12-14,23-24H,2-5,11H2,1H3,(H,25,29). The first-order valence-electron chi connectivity index (χ1n) is 10.1. The number of carbonyl (C=O) groups excluding carboxylic acids is 1. The first-order chi connectivity index (χ1) is 14.5. The molecule has 8 nitrogen and oxygen atoms in total. The van der Waals surface area contributed by atoms with Crippen molar-refractivity contribution in [2.24, 2.45) is 0 Å². The molecule has 1 aromatic carbocycles. The lowest BCUT2D eigenvalue weighted by molar-refractivity contribution is -0.115. The molecule has 8 heteroatoms. The molecule has 0 saturated heterocycles. The van der Waals surface area contributed by atoms with E-state index in [9.17, 15) is 9.59 Å². The van der Waals surface area contributed by atoms with Gasteiger partial charge in [-0.05, 0) is 55.5 Å². The summed E-state index contributed by atoms with van der Waals surface area (Å²) in [5.41, 5.74) is 2.62. The maximum Gasteiger partial charge on any atom is 0.230 e. The fourth-order valence-corrected chi connectivity index (χ4v) is 3.76. The van der Waals surface area contributed by atoms with Crippen molar-refractivity contribution in [2.75, 3.05) is 5.32 Å². The summed E-state index contributed by atoms with van der Waals surface area (Å²) in [4.78, 5) is 25.5. The van der Waals surface area contributed by atoms with Crippen molar-refractivity contribution in [3.63, 3.8) is 0 Å². The highest BCUT2D eigenvalue weighted by Crippen LogP contribution is 2.37. The van der Waals surface area contributed by atoms with Crippen LogP contribution < -0.4 is 16.2 Å². The third-order valence-corrected chi connectivity index (χ3v) is 5.65. The smallest absolute Gasteiger partial charge is 0.230 e. The summed E-state index contributed by atoms with van der Waals surface area (Å²) in [5.74, 6) is 0.195. The molecule has 1 saturated carbocycles. The van der Waals surface area contributed by atoms with Gasteiger partial charge in [0.2, 0.25) is 11.3 Å². The van der Waals surface area contributed by atoms with Crippen LogP contribution in [0.5, 0.6) is 0 Å². The van der Waals surface area contributed by atoms with Gasteiger partial charge in [0.15, 0.2) is 0 Å². The van der Waals surface area contributed by atoms with Crippen LogP contribution in [0.25, 0.3) is 10.9 Å². The second-order valence-electron chi connectivity index (χ2n) is 7.56. The van der Waals surface area contributed by atoms with E-state index in [1.807, 2.05) is 19.1 Å². The Morgan fingerprint density at radius 3 is 2.77 bits per heavy atom. The average molecular weight is 404 g/mol. The van der Waals surface area contributed by atoms with Gasteiger partial charge in [-0.2, -0.15) is 5.10 Å². The number of hydrogen-bond donors (Lipinski definition) is 3. The van der Waals surface area contributed by atoms with Gasteiger partial charge in [-0.3, -0.25) is 29.7 Å². The van der Waals surface area contributed by atoms with Gasteiger partial charge >= 0.3 is 0 Å². The number of benzene rings is 1. The SMILES string of the molecule is CCn1nc(CC(=O)Nc2ccc(=N)n(C=N)c2)c(=O)c2ccc(C3CCC3)cc21. The van der Waals surface area contributed by atoms with E-state index in [0.717, 1.165) is 11.9 Å². The summed E-state index contributed by atoms with van der Waals surface area (Å²) in [5, 5.41) is 22.7. The Balaban J connectivity index is 1.63. The van der Waals surface area contributed by atoms with Crippen LogP contribution in [0.1, 0.15) is 43.4 Å². The van der Waals surface area contributed by atoms with E-state index in [2.05, 4.69) is 16.5 Å². The zero-order valence-electron chi connectivity index (χ0n) is 16.8. The Kier molecular flexibility index (Phi) is 5.31. The third kappa shape index (κ3) is 3.68. The monoisotopic (exact) mass is 404 g/mol. The Hall–Kier alpha value is -3.55. The number of nitrogens with zero attached hydrogens (tertiary/aromatic N) is 3. The lowest BCUT2D eigenvalue weighted by atomic mass is 9.80. The lowest BCUT2D eigenvalue weighted by Gasteiger charge is -2.26. The van der Waals surface area contributed by atoms with Crippen molar-refractivity contribution in [2.45, 2.75) is 45.1 Å². The number of rotatable bonds is 6. The number of aromatic nitrogens is 3. The van der Waals surface area contributed by atoms with Gasteiger partial charge in [0, 0.05) is 18.1 Å². The molecule has 1 amide bonds. The number of amides is 1. The van der Waals surface area contributed by atoms with Crippen LogP contribution in [0.3, 0.4) is 0 Å². The Bertz CT molecular complexity index is 1250. The molecule has 0 spiro atoms. The van der Waals surface area contributed by atoms with E-state index in [4.69, 9.17) is 10.8 Å².